The van der Waals surface area contributed by atoms with Crippen LogP contribution in [0.25, 0.3) is 0 Å². The van der Waals surface area contributed by atoms with Crippen molar-refractivity contribution >= 4 is 11.7 Å². The smallest absolute Gasteiger partial charge is 0.259 e. The zero-order valence-corrected chi connectivity index (χ0v) is 14.0. The molecular weight excluding hydrogens is 292 g/mol. The standard InChI is InChI=1S/C17H22N4O2/c1-12-8-16(20-19-13(12)2)18-10-14-6-5-7-15(9-14)23-11-17(22)21(3)4/h5-9H,10-11H2,1-4H3,(H,18,20). The minimum atomic E-state index is -0.0704. The lowest BCUT2D eigenvalue weighted by atomic mass is 10.2. The fraction of sp³-hybridized carbons (Fsp3) is 0.353. The molecule has 1 aromatic carbocycles. The molecule has 0 aliphatic carbocycles. The Kier molecular flexibility index (Phi) is 5.51. The molecule has 0 saturated carbocycles. The second-order valence-electron chi connectivity index (χ2n) is 5.58. The summed E-state index contributed by atoms with van der Waals surface area (Å²) in [5, 5.41) is 11.4. The first-order valence-corrected chi connectivity index (χ1v) is 7.42. The topological polar surface area (TPSA) is 67.3 Å². The third-order valence-corrected chi connectivity index (χ3v) is 3.46. The Morgan fingerprint density at radius 3 is 2.70 bits per heavy atom. The zero-order chi connectivity index (χ0) is 16.8. The van der Waals surface area contributed by atoms with E-state index in [1.807, 2.05) is 44.2 Å². The van der Waals surface area contributed by atoms with Gasteiger partial charge in [-0.3, -0.25) is 4.79 Å². The van der Waals surface area contributed by atoms with Crippen LogP contribution in [0.15, 0.2) is 30.3 Å². The Morgan fingerprint density at radius 2 is 2.00 bits per heavy atom. The van der Waals surface area contributed by atoms with Gasteiger partial charge in [0.15, 0.2) is 6.61 Å². The van der Waals surface area contributed by atoms with Crippen LogP contribution in [0.2, 0.25) is 0 Å². The van der Waals surface area contributed by atoms with Crippen molar-refractivity contribution in [1.82, 2.24) is 15.1 Å². The van der Waals surface area contributed by atoms with Gasteiger partial charge in [-0.15, -0.1) is 5.10 Å². The third kappa shape index (κ3) is 4.95. The maximum Gasteiger partial charge on any atom is 0.259 e. The minimum Gasteiger partial charge on any atom is -0.484 e. The highest BCUT2D eigenvalue weighted by molar-refractivity contribution is 5.77. The molecule has 2 aromatic rings. The average Bonchev–Trinajstić information content (AvgIpc) is 2.54. The maximum atomic E-state index is 11.5. The summed E-state index contributed by atoms with van der Waals surface area (Å²) in [6.45, 7) is 4.58. The second kappa shape index (κ2) is 7.58. The number of benzene rings is 1. The van der Waals surface area contributed by atoms with Gasteiger partial charge in [0.2, 0.25) is 0 Å². The molecule has 0 radical (unpaired) electrons. The molecule has 0 fully saturated rings. The molecule has 1 aromatic heterocycles. The van der Waals surface area contributed by atoms with Gasteiger partial charge in [0.05, 0.1) is 5.69 Å². The van der Waals surface area contributed by atoms with Crippen LogP contribution in [0.1, 0.15) is 16.8 Å². The van der Waals surface area contributed by atoms with E-state index in [-0.39, 0.29) is 12.5 Å². The van der Waals surface area contributed by atoms with E-state index in [9.17, 15) is 4.79 Å². The third-order valence-electron chi connectivity index (χ3n) is 3.46. The number of carbonyl (C=O) groups is 1. The van der Waals surface area contributed by atoms with Gasteiger partial charge in [0.1, 0.15) is 11.6 Å². The van der Waals surface area contributed by atoms with Crippen molar-refractivity contribution in [3.05, 3.63) is 47.2 Å². The number of aromatic nitrogens is 2. The average molecular weight is 314 g/mol. The van der Waals surface area contributed by atoms with E-state index in [2.05, 4.69) is 15.5 Å². The fourth-order valence-electron chi connectivity index (χ4n) is 1.84. The number of aryl methyl sites for hydroxylation is 2. The van der Waals surface area contributed by atoms with Crippen molar-refractivity contribution in [3.63, 3.8) is 0 Å². The van der Waals surface area contributed by atoms with Gasteiger partial charge in [-0.25, -0.2) is 0 Å². The van der Waals surface area contributed by atoms with Crippen molar-refractivity contribution in [2.75, 3.05) is 26.0 Å². The summed E-state index contributed by atoms with van der Waals surface area (Å²) in [4.78, 5) is 13.0. The van der Waals surface area contributed by atoms with E-state index < -0.39 is 0 Å². The predicted octanol–water partition coefficient (Wildman–Crippen LogP) is 2.17. The molecule has 23 heavy (non-hydrogen) atoms. The Hall–Kier alpha value is -2.63. The van der Waals surface area contributed by atoms with E-state index in [4.69, 9.17) is 4.74 Å². The van der Waals surface area contributed by atoms with E-state index in [0.29, 0.717) is 12.3 Å². The van der Waals surface area contributed by atoms with Crippen LogP contribution < -0.4 is 10.1 Å². The quantitative estimate of drug-likeness (QED) is 0.885. The molecule has 1 N–H and O–H groups in total. The fourth-order valence-corrected chi connectivity index (χ4v) is 1.84. The SMILES string of the molecule is Cc1cc(NCc2cccc(OCC(=O)N(C)C)c2)nnc1C. The van der Waals surface area contributed by atoms with Crippen molar-refractivity contribution < 1.29 is 9.53 Å². The van der Waals surface area contributed by atoms with Crippen LogP contribution in [0, 0.1) is 13.8 Å². The number of hydrogen-bond donors (Lipinski definition) is 1. The van der Waals surface area contributed by atoms with Crippen LogP contribution in [-0.4, -0.2) is 41.7 Å². The number of carbonyl (C=O) groups excluding carboxylic acids is 1. The van der Waals surface area contributed by atoms with Gasteiger partial charge < -0.3 is 15.0 Å². The highest BCUT2D eigenvalue weighted by atomic mass is 16.5. The molecule has 6 nitrogen and oxygen atoms in total. The monoisotopic (exact) mass is 314 g/mol. The van der Waals surface area contributed by atoms with Crippen LogP contribution in [0.3, 0.4) is 0 Å². The number of nitrogens with one attached hydrogen (secondary N) is 1. The molecule has 0 spiro atoms. The molecule has 1 amide bonds. The van der Waals surface area contributed by atoms with Crippen LogP contribution >= 0.6 is 0 Å². The molecule has 0 unspecified atom stereocenters. The number of likely N-dealkylation sites (N-methyl/N-ethyl adjacent to an activating group) is 1. The summed E-state index contributed by atoms with van der Waals surface area (Å²) in [6.07, 6.45) is 0. The van der Waals surface area contributed by atoms with Gasteiger partial charge in [-0.1, -0.05) is 12.1 Å². The first-order valence-electron chi connectivity index (χ1n) is 7.42. The van der Waals surface area contributed by atoms with Crippen LogP contribution in [0.4, 0.5) is 5.82 Å². The van der Waals surface area contributed by atoms with Crippen molar-refractivity contribution in [2.24, 2.45) is 0 Å². The van der Waals surface area contributed by atoms with Crippen LogP contribution in [0.5, 0.6) is 5.75 Å². The summed E-state index contributed by atoms with van der Waals surface area (Å²) in [5.41, 5.74) is 3.07. The van der Waals surface area contributed by atoms with Crippen molar-refractivity contribution in [3.8, 4) is 5.75 Å². The molecular formula is C17H22N4O2. The zero-order valence-electron chi connectivity index (χ0n) is 14.0. The van der Waals surface area contributed by atoms with Gasteiger partial charge in [-0.05, 0) is 43.2 Å². The molecule has 0 bridgehead atoms. The number of rotatable bonds is 6. The summed E-state index contributed by atoms with van der Waals surface area (Å²) < 4.78 is 5.51. The predicted molar refractivity (Wildman–Crippen MR) is 89.5 cm³/mol. The van der Waals surface area contributed by atoms with E-state index in [0.717, 1.165) is 22.6 Å². The number of ether oxygens (including phenoxy) is 1. The van der Waals surface area contributed by atoms with Gasteiger partial charge >= 0.3 is 0 Å². The molecule has 0 aliphatic rings. The van der Waals surface area contributed by atoms with Crippen molar-refractivity contribution in [1.29, 1.82) is 0 Å². The normalized spacial score (nSPS) is 10.3. The number of amides is 1. The Balaban J connectivity index is 1.94. The lowest BCUT2D eigenvalue weighted by Crippen LogP contribution is -2.27. The van der Waals surface area contributed by atoms with Gasteiger partial charge in [0.25, 0.3) is 5.91 Å². The molecule has 0 saturated heterocycles. The summed E-state index contributed by atoms with van der Waals surface area (Å²) in [6, 6.07) is 9.60. The largest absolute Gasteiger partial charge is 0.484 e. The van der Waals surface area contributed by atoms with Crippen molar-refractivity contribution in [2.45, 2.75) is 20.4 Å². The highest BCUT2D eigenvalue weighted by Gasteiger charge is 2.05. The summed E-state index contributed by atoms with van der Waals surface area (Å²) >= 11 is 0. The number of hydrogen-bond acceptors (Lipinski definition) is 5. The highest BCUT2D eigenvalue weighted by Crippen LogP contribution is 2.15. The summed E-state index contributed by atoms with van der Waals surface area (Å²) in [7, 11) is 3.41. The maximum absolute atomic E-state index is 11.5. The lowest BCUT2D eigenvalue weighted by molar-refractivity contribution is -0.130. The Labute approximate surface area is 136 Å². The van der Waals surface area contributed by atoms with E-state index >= 15 is 0 Å². The van der Waals surface area contributed by atoms with Crippen LogP contribution in [-0.2, 0) is 11.3 Å². The first kappa shape index (κ1) is 16.7. The lowest BCUT2D eigenvalue weighted by Gasteiger charge is -2.12. The molecule has 0 aliphatic heterocycles. The second-order valence-corrected chi connectivity index (χ2v) is 5.58. The van der Waals surface area contributed by atoms with Gasteiger partial charge in [0, 0.05) is 20.6 Å². The summed E-state index contributed by atoms with van der Waals surface area (Å²) in [5.74, 6) is 1.34. The van der Waals surface area contributed by atoms with E-state index in [1.54, 1.807) is 14.1 Å². The molecule has 6 heteroatoms. The minimum absolute atomic E-state index is 0.0342. The van der Waals surface area contributed by atoms with E-state index in [1.165, 1.54) is 4.90 Å². The molecule has 1 heterocycles. The van der Waals surface area contributed by atoms with Gasteiger partial charge in [-0.2, -0.15) is 5.10 Å². The number of anilines is 1. The first-order chi connectivity index (χ1) is 11.0. The Bertz CT molecular complexity index is 686. The molecule has 122 valence electrons. The number of nitrogens with zero attached hydrogens (tertiary/aromatic N) is 3. The molecule has 0 atom stereocenters. The molecule has 2 rings (SSSR count). The Morgan fingerprint density at radius 1 is 1.22 bits per heavy atom.